The summed E-state index contributed by atoms with van der Waals surface area (Å²) in [6, 6.07) is 3.79. The van der Waals surface area contributed by atoms with Gasteiger partial charge in [-0.3, -0.25) is 4.79 Å². The lowest BCUT2D eigenvalue weighted by atomic mass is 9.99. The normalized spacial score (nSPS) is 12.1. The largest absolute Gasteiger partial charge is 0.496 e. The van der Waals surface area contributed by atoms with E-state index in [4.69, 9.17) is 10.5 Å². The Bertz CT molecular complexity index is 449. The minimum Gasteiger partial charge on any atom is -0.496 e. The molecule has 4 nitrogen and oxygen atoms in total. The van der Waals surface area contributed by atoms with Gasteiger partial charge in [0.15, 0.2) is 0 Å². The summed E-state index contributed by atoms with van der Waals surface area (Å²) in [4.78, 5) is 11.1. The van der Waals surface area contributed by atoms with Crippen molar-refractivity contribution in [2.24, 2.45) is 5.73 Å². The van der Waals surface area contributed by atoms with Crippen LogP contribution in [-0.4, -0.2) is 20.2 Å². The lowest BCUT2D eigenvalue weighted by Crippen LogP contribution is -2.13. The van der Waals surface area contributed by atoms with Gasteiger partial charge in [0.1, 0.15) is 5.75 Å². The molecule has 0 bridgehead atoms. The van der Waals surface area contributed by atoms with Crippen molar-refractivity contribution in [2.75, 3.05) is 14.2 Å². The number of esters is 1. The van der Waals surface area contributed by atoms with Crippen molar-refractivity contribution in [2.45, 2.75) is 32.2 Å². The van der Waals surface area contributed by atoms with E-state index in [1.165, 1.54) is 7.11 Å². The summed E-state index contributed by atoms with van der Waals surface area (Å²) in [5, 5.41) is 0. The molecule has 0 aliphatic heterocycles. The summed E-state index contributed by atoms with van der Waals surface area (Å²) in [6.45, 7) is 2.00. The Labute approximate surface area is 122 Å². The van der Waals surface area contributed by atoms with E-state index >= 15 is 0 Å². The van der Waals surface area contributed by atoms with Crippen LogP contribution in [-0.2, 0) is 9.53 Å². The number of hydrogen-bond acceptors (Lipinski definition) is 4. The van der Waals surface area contributed by atoms with E-state index in [-0.39, 0.29) is 12.0 Å². The Morgan fingerprint density at radius 2 is 2.11 bits per heavy atom. The first-order chi connectivity index (χ1) is 8.99. The zero-order valence-electron chi connectivity index (χ0n) is 11.5. The van der Waals surface area contributed by atoms with E-state index < -0.39 is 0 Å². The Morgan fingerprint density at radius 1 is 1.42 bits per heavy atom. The van der Waals surface area contributed by atoms with Crippen LogP contribution in [0.2, 0.25) is 0 Å². The number of methoxy groups -OCH3 is 2. The number of nitrogens with two attached hydrogens (primary N) is 1. The van der Waals surface area contributed by atoms with Crippen molar-refractivity contribution in [1.29, 1.82) is 0 Å². The van der Waals surface area contributed by atoms with Crippen LogP contribution in [0.1, 0.15) is 36.4 Å². The third kappa shape index (κ3) is 4.51. The highest BCUT2D eigenvalue weighted by Crippen LogP contribution is 2.32. The van der Waals surface area contributed by atoms with Crippen molar-refractivity contribution < 1.29 is 14.3 Å². The standard InChI is InChI=1S/C14H20BrNO3/c1-9-7-13(18-2)10(8-11(9)15)12(16)5-4-6-14(17)19-3/h7-8,12H,4-6,16H2,1-3H3. The molecule has 0 saturated carbocycles. The molecule has 0 fully saturated rings. The molecule has 19 heavy (non-hydrogen) atoms. The van der Waals surface area contributed by atoms with Gasteiger partial charge in [-0.1, -0.05) is 15.9 Å². The summed E-state index contributed by atoms with van der Waals surface area (Å²) in [5.74, 6) is 0.579. The molecular weight excluding hydrogens is 310 g/mol. The fourth-order valence-corrected chi connectivity index (χ4v) is 2.22. The first kappa shape index (κ1) is 16.0. The van der Waals surface area contributed by atoms with Gasteiger partial charge in [-0.25, -0.2) is 0 Å². The molecule has 0 aromatic heterocycles. The molecule has 2 N–H and O–H groups in total. The number of rotatable bonds is 6. The topological polar surface area (TPSA) is 61.5 Å². The highest BCUT2D eigenvalue weighted by molar-refractivity contribution is 9.10. The van der Waals surface area contributed by atoms with Crippen molar-refractivity contribution in [1.82, 2.24) is 0 Å². The predicted molar refractivity (Wildman–Crippen MR) is 78.2 cm³/mol. The molecule has 0 aliphatic carbocycles. The molecule has 5 heteroatoms. The zero-order chi connectivity index (χ0) is 14.4. The van der Waals surface area contributed by atoms with E-state index in [0.29, 0.717) is 19.3 Å². The highest BCUT2D eigenvalue weighted by atomic mass is 79.9. The first-order valence-corrected chi connectivity index (χ1v) is 6.95. The van der Waals surface area contributed by atoms with Crippen LogP contribution >= 0.6 is 15.9 Å². The van der Waals surface area contributed by atoms with Crippen LogP contribution in [0.5, 0.6) is 5.75 Å². The lowest BCUT2D eigenvalue weighted by molar-refractivity contribution is -0.140. The van der Waals surface area contributed by atoms with Gasteiger partial charge >= 0.3 is 5.97 Å². The fourth-order valence-electron chi connectivity index (χ4n) is 1.86. The zero-order valence-corrected chi connectivity index (χ0v) is 13.1. The van der Waals surface area contributed by atoms with Crippen molar-refractivity contribution in [3.8, 4) is 5.75 Å². The van der Waals surface area contributed by atoms with Gasteiger partial charge in [-0.05, 0) is 37.5 Å². The van der Waals surface area contributed by atoms with Crippen molar-refractivity contribution in [3.63, 3.8) is 0 Å². The molecule has 0 spiro atoms. The Balaban J connectivity index is 2.73. The average Bonchev–Trinajstić information content (AvgIpc) is 2.40. The summed E-state index contributed by atoms with van der Waals surface area (Å²) in [5.41, 5.74) is 8.21. The Kier molecular flexibility index (Phi) is 6.31. The second-order valence-electron chi connectivity index (χ2n) is 4.42. The second kappa shape index (κ2) is 7.50. The Morgan fingerprint density at radius 3 is 2.68 bits per heavy atom. The molecule has 1 aromatic carbocycles. The second-order valence-corrected chi connectivity index (χ2v) is 5.27. The summed E-state index contributed by atoms with van der Waals surface area (Å²) < 4.78 is 11.0. The van der Waals surface area contributed by atoms with Gasteiger partial charge in [0.05, 0.1) is 14.2 Å². The molecule has 1 rings (SSSR count). The molecule has 0 amide bonds. The summed E-state index contributed by atoms with van der Waals surface area (Å²) >= 11 is 3.50. The molecule has 0 radical (unpaired) electrons. The quantitative estimate of drug-likeness (QED) is 0.814. The molecule has 0 saturated heterocycles. The van der Waals surface area contributed by atoms with E-state index in [2.05, 4.69) is 20.7 Å². The van der Waals surface area contributed by atoms with Crippen LogP contribution in [0.3, 0.4) is 0 Å². The first-order valence-electron chi connectivity index (χ1n) is 6.16. The number of aryl methyl sites for hydroxylation is 1. The fraction of sp³-hybridized carbons (Fsp3) is 0.500. The maximum Gasteiger partial charge on any atom is 0.305 e. The van der Waals surface area contributed by atoms with Crippen LogP contribution in [0.15, 0.2) is 16.6 Å². The SMILES string of the molecule is COC(=O)CCCC(N)c1cc(Br)c(C)cc1OC. The van der Waals surface area contributed by atoms with Gasteiger partial charge < -0.3 is 15.2 Å². The highest BCUT2D eigenvalue weighted by Gasteiger charge is 2.14. The van der Waals surface area contributed by atoms with Gasteiger partial charge in [0.2, 0.25) is 0 Å². The Hall–Kier alpha value is -1.07. The molecule has 1 atom stereocenters. The maximum atomic E-state index is 11.1. The van der Waals surface area contributed by atoms with Gasteiger partial charge in [0.25, 0.3) is 0 Å². The lowest BCUT2D eigenvalue weighted by Gasteiger charge is -2.17. The van der Waals surface area contributed by atoms with Crippen molar-refractivity contribution >= 4 is 21.9 Å². The van der Waals surface area contributed by atoms with Crippen LogP contribution < -0.4 is 10.5 Å². The summed E-state index contributed by atoms with van der Waals surface area (Å²) in [6.07, 6.45) is 1.79. The van der Waals surface area contributed by atoms with E-state index in [9.17, 15) is 4.79 Å². The minimum atomic E-state index is -0.204. The van der Waals surface area contributed by atoms with Gasteiger partial charge in [0, 0.05) is 22.5 Å². The van der Waals surface area contributed by atoms with E-state index in [1.54, 1.807) is 7.11 Å². The number of ether oxygens (including phenoxy) is 2. The molecular formula is C14H20BrNO3. The number of hydrogen-bond donors (Lipinski definition) is 1. The third-order valence-corrected chi connectivity index (χ3v) is 3.89. The van der Waals surface area contributed by atoms with Crippen molar-refractivity contribution in [3.05, 3.63) is 27.7 Å². The van der Waals surface area contributed by atoms with Gasteiger partial charge in [-0.2, -0.15) is 0 Å². The van der Waals surface area contributed by atoms with E-state index in [1.807, 2.05) is 19.1 Å². The molecule has 0 heterocycles. The predicted octanol–water partition coefficient (Wildman–Crippen LogP) is 3.11. The molecule has 106 valence electrons. The molecule has 1 unspecified atom stereocenters. The monoisotopic (exact) mass is 329 g/mol. The van der Waals surface area contributed by atoms with Crippen LogP contribution in [0, 0.1) is 6.92 Å². The molecule has 0 aliphatic rings. The number of carbonyl (C=O) groups excluding carboxylic acids is 1. The number of halogens is 1. The van der Waals surface area contributed by atoms with Crippen LogP contribution in [0.4, 0.5) is 0 Å². The van der Waals surface area contributed by atoms with E-state index in [0.717, 1.165) is 21.3 Å². The van der Waals surface area contributed by atoms with Crippen LogP contribution in [0.25, 0.3) is 0 Å². The molecule has 1 aromatic rings. The smallest absolute Gasteiger partial charge is 0.305 e. The number of benzene rings is 1. The maximum absolute atomic E-state index is 11.1. The number of carbonyl (C=O) groups is 1. The minimum absolute atomic E-state index is 0.156. The summed E-state index contributed by atoms with van der Waals surface area (Å²) in [7, 11) is 3.02. The average molecular weight is 330 g/mol. The van der Waals surface area contributed by atoms with Gasteiger partial charge in [-0.15, -0.1) is 0 Å². The third-order valence-electron chi connectivity index (χ3n) is 3.03.